The molecule has 1 aromatic heterocycles. The van der Waals surface area contributed by atoms with Gasteiger partial charge >= 0.3 is 0 Å². The quantitative estimate of drug-likeness (QED) is 0.507. The molecular formula is C29H31N5O3. The van der Waals surface area contributed by atoms with Gasteiger partial charge in [-0.2, -0.15) is 5.10 Å². The lowest BCUT2D eigenvalue weighted by atomic mass is 9.87. The number of anilines is 1. The molecule has 8 nitrogen and oxygen atoms in total. The molecular weight excluding hydrogens is 466 g/mol. The van der Waals surface area contributed by atoms with E-state index < -0.39 is 5.91 Å². The maximum atomic E-state index is 12.6. The lowest BCUT2D eigenvalue weighted by Gasteiger charge is -2.37. The van der Waals surface area contributed by atoms with Gasteiger partial charge in [-0.3, -0.25) is 9.59 Å². The number of piperidine rings is 1. The molecule has 3 N–H and O–H groups in total. The second-order valence-corrected chi connectivity index (χ2v) is 9.39. The number of fused-ring (bicyclic) bond motifs is 1. The van der Waals surface area contributed by atoms with Crippen molar-refractivity contribution in [3.05, 3.63) is 60.2 Å². The Labute approximate surface area is 216 Å². The number of para-hydroxylation sites is 1. The molecule has 1 unspecified atom stereocenters. The normalized spacial score (nSPS) is 17.2. The maximum absolute atomic E-state index is 12.6. The first kappa shape index (κ1) is 24.4. The number of aromatic nitrogens is 2. The Balaban J connectivity index is 1.38. The van der Waals surface area contributed by atoms with Crippen molar-refractivity contribution in [1.29, 1.82) is 0 Å². The van der Waals surface area contributed by atoms with Crippen LogP contribution in [0.1, 0.15) is 49.0 Å². The fourth-order valence-electron chi connectivity index (χ4n) is 5.21. The van der Waals surface area contributed by atoms with Gasteiger partial charge in [0.15, 0.2) is 0 Å². The third-order valence-corrected chi connectivity index (χ3v) is 7.05. The van der Waals surface area contributed by atoms with E-state index in [1.54, 1.807) is 0 Å². The monoisotopic (exact) mass is 497 g/mol. The molecule has 0 aliphatic carbocycles. The van der Waals surface area contributed by atoms with Gasteiger partial charge in [-0.05, 0) is 67.5 Å². The summed E-state index contributed by atoms with van der Waals surface area (Å²) in [4.78, 5) is 26.7. The third kappa shape index (κ3) is 5.17. The third-order valence-electron chi connectivity index (χ3n) is 7.05. The number of likely N-dealkylation sites (tertiary alicyclic amines) is 1. The number of carbonyl (C=O) groups excluding carboxylic acids is 2. The van der Waals surface area contributed by atoms with E-state index in [2.05, 4.69) is 17.2 Å². The summed E-state index contributed by atoms with van der Waals surface area (Å²) in [5.41, 5.74) is 7.62. The molecule has 5 rings (SSSR count). The number of amides is 2. The number of ether oxygens (including phenoxy) is 1. The zero-order valence-corrected chi connectivity index (χ0v) is 20.9. The highest BCUT2D eigenvalue weighted by molar-refractivity contribution is 6.03. The number of benzene rings is 2. The van der Waals surface area contributed by atoms with E-state index in [0.29, 0.717) is 48.3 Å². The maximum Gasteiger partial charge on any atom is 0.298 e. The first-order valence-corrected chi connectivity index (χ1v) is 12.8. The minimum absolute atomic E-state index is 0.0941. The lowest BCUT2D eigenvalue weighted by Crippen LogP contribution is -2.41. The van der Waals surface area contributed by atoms with E-state index in [-0.39, 0.29) is 11.9 Å². The Morgan fingerprint density at radius 2 is 1.76 bits per heavy atom. The van der Waals surface area contributed by atoms with Crippen LogP contribution >= 0.6 is 0 Å². The van der Waals surface area contributed by atoms with Crippen LogP contribution in [-0.4, -0.2) is 46.1 Å². The first-order valence-electron chi connectivity index (χ1n) is 12.8. The van der Waals surface area contributed by atoms with Crippen LogP contribution in [-0.2, 0) is 4.79 Å². The van der Waals surface area contributed by atoms with Gasteiger partial charge in [0.25, 0.3) is 11.8 Å². The van der Waals surface area contributed by atoms with Gasteiger partial charge in [0, 0.05) is 31.6 Å². The molecule has 0 saturated carbocycles. The van der Waals surface area contributed by atoms with Gasteiger partial charge in [-0.25, -0.2) is 4.68 Å². The van der Waals surface area contributed by atoms with Gasteiger partial charge in [-0.15, -0.1) is 0 Å². The standard InChI is InChI=1S/C29H31N5O3/c1-2-3-9-25(35)33-18-15-20(16-19-33)24-14-17-31-29-26(28(30)36)27(32-34(24)29)21-10-12-23(13-11-21)37-22-7-5-4-6-8-22/h4-8,10-13,20,24,31H,2,14-19H2,1H3,(H2,30,36). The van der Waals surface area contributed by atoms with E-state index in [4.69, 9.17) is 15.6 Å². The summed E-state index contributed by atoms with van der Waals surface area (Å²) < 4.78 is 7.86. The van der Waals surface area contributed by atoms with Crippen molar-refractivity contribution >= 4 is 17.6 Å². The van der Waals surface area contributed by atoms with Crippen LogP contribution in [0.3, 0.4) is 0 Å². The van der Waals surface area contributed by atoms with Crippen molar-refractivity contribution in [1.82, 2.24) is 14.7 Å². The van der Waals surface area contributed by atoms with Crippen LogP contribution in [0.5, 0.6) is 11.5 Å². The molecule has 3 heterocycles. The van der Waals surface area contributed by atoms with Crippen molar-refractivity contribution in [3.8, 4) is 34.6 Å². The summed E-state index contributed by atoms with van der Waals surface area (Å²) in [7, 11) is 0. The van der Waals surface area contributed by atoms with Gasteiger partial charge in [-0.1, -0.05) is 31.0 Å². The Morgan fingerprint density at radius 3 is 2.43 bits per heavy atom. The molecule has 37 heavy (non-hydrogen) atoms. The summed E-state index contributed by atoms with van der Waals surface area (Å²) in [6.45, 7) is 4.04. The second-order valence-electron chi connectivity index (χ2n) is 9.39. The SMILES string of the molecule is CCC#CC(=O)N1CCC(C2CCNc3c(C(N)=O)c(-c4ccc(Oc5ccccc5)cc4)nn32)CC1. The van der Waals surface area contributed by atoms with E-state index >= 15 is 0 Å². The number of nitrogens with one attached hydrogen (secondary N) is 1. The minimum atomic E-state index is -0.510. The smallest absolute Gasteiger partial charge is 0.298 e. The first-order chi connectivity index (χ1) is 18.0. The predicted octanol–water partition coefficient (Wildman–Crippen LogP) is 4.45. The molecule has 2 aliphatic rings. The average molecular weight is 498 g/mol. The highest BCUT2D eigenvalue weighted by atomic mass is 16.5. The molecule has 0 radical (unpaired) electrons. The minimum Gasteiger partial charge on any atom is -0.457 e. The summed E-state index contributed by atoms with van der Waals surface area (Å²) in [6, 6.07) is 17.2. The zero-order chi connectivity index (χ0) is 25.8. The number of nitrogens with zero attached hydrogens (tertiary/aromatic N) is 3. The van der Waals surface area contributed by atoms with E-state index in [1.165, 1.54) is 0 Å². The van der Waals surface area contributed by atoms with Gasteiger partial charge in [0.1, 0.15) is 28.6 Å². The Morgan fingerprint density at radius 1 is 1.05 bits per heavy atom. The molecule has 2 aliphatic heterocycles. The largest absolute Gasteiger partial charge is 0.457 e. The zero-order valence-electron chi connectivity index (χ0n) is 20.9. The predicted molar refractivity (Wildman–Crippen MR) is 142 cm³/mol. The van der Waals surface area contributed by atoms with Crippen molar-refractivity contribution in [3.63, 3.8) is 0 Å². The lowest BCUT2D eigenvalue weighted by molar-refractivity contribution is -0.126. The topological polar surface area (TPSA) is 102 Å². The van der Waals surface area contributed by atoms with Gasteiger partial charge in [0.2, 0.25) is 0 Å². The van der Waals surface area contributed by atoms with E-state index in [0.717, 1.165) is 37.1 Å². The number of nitrogens with two attached hydrogens (primary N) is 1. The van der Waals surface area contributed by atoms with Crippen LogP contribution in [0.25, 0.3) is 11.3 Å². The van der Waals surface area contributed by atoms with Crippen LogP contribution < -0.4 is 15.8 Å². The van der Waals surface area contributed by atoms with Gasteiger partial charge < -0.3 is 20.7 Å². The van der Waals surface area contributed by atoms with Crippen molar-refractivity contribution in [2.45, 2.75) is 38.6 Å². The molecule has 0 bridgehead atoms. The number of hydrogen-bond donors (Lipinski definition) is 2. The molecule has 0 spiro atoms. The average Bonchev–Trinajstić information content (AvgIpc) is 3.33. The highest BCUT2D eigenvalue weighted by Gasteiger charge is 2.35. The summed E-state index contributed by atoms with van der Waals surface area (Å²) in [5, 5.41) is 8.27. The second kappa shape index (κ2) is 10.8. The van der Waals surface area contributed by atoms with Crippen molar-refractivity contribution in [2.75, 3.05) is 25.0 Å². The molecule has 1 saturated heterocycles. The van der Waals surface area contributed by atoms with Crippen LogP contribution in [0.4, 0.5) is 5.82 Å². The van der Waals surface area contributed by atoms with Crippen molar-refractivity contribution < 1.29 is 14.3 Å². The molecule has 1 atom stereocenters. The highest BCUT2D eigenvalue weighted by Crippen LogP contribution is 2.40. The number of primary amides is 1. The Bertz CT molecular complexity index is 1330. The van der Waals surface area contributed by atoms with Crippen LogP contribution in [0.15, 0.2) is 54.6 Å². The summed E-state index contributed by atoms with van der Waals surface area (Å²) in [5.74, 6) is 7.45. The molecule has 2 amide bonds. The Hall–Kier alpha value is -4.25. The number of rotatable bonds is 5. The molecule has 190 valence electrons. The van der Waals surface area contributed by atoms with E-state index in [1.807, 2.05) is 71.1 Å². The molecule has 2 aromatic carbocycles. The fourth-order valence-corrected chi connectivity index (χ4v) is 5.21. The van der Waals surface area contributed by atoms with Gasteiger partial charge in [0.05, 0.1) is 6.04 Å². The fraction of sp³-hybridized carbons (Fsp3) is 0.345. The molecule has 8 heteroatoms. The van der Waals surface area contributed by atoms with E-state index in [9.17, 15) is 9.59 Å². The van der Waals surface area contributed by atoms with Crippen LogP contribution in [0, 0.1) is 17.8 Å². The summed E-state index contributed by atoms with van der Waals surface area (Å²) >= 11 is 0. The van der Waals surface area contributed by atoms with Crippen molar-refractivity contribution in [2.24, 2.45) is 11.7 Å². The number of carbonyl (C=O) groups is 2. The molecule has 3 aromatic rings. The summed E-state index contributed by atoms with van der Waals surface area (Å²) in [6.07, 6.45) is 3.31. The molecule has 1 fully saturated rings. The Kier molecular flexibility index (Phi) is 7.13. The number of hydrogen-bond acceptors (Lipinski definition) is 5. The van der Waals surface area contributed by atoms with Crippen LogP contribution in [0.2, 0.25) is 0 Å².